The van der Waals surface area contributed by atoms with Gasteiger partial charge in [-0.3, -0.25) is 0 Å². The number of rotatable bonds is 17. The van der Waals surface area contributed by atoms with Gasteiger partial charge in [0.15, 0.2) is 18.2 Å². The first-order chi connectivity index (χ1) is 27.5. The van der Waals surface area contributed by atoms with E-state index in [1.165, 1.54) is 7.11 Å². The standard InChI is InChI=1S/C44H50O12/c1-47-37-35(45)41(56-44(23-24-50-40(37)44)43(46)53-28-33-21-13-6-14-22-33)55-36-34(29-49-25-30-15-7-3-8-16-30)54-42(48-2)39(52-27-32-19-11-5-12-20-32)38(36)51-26-31-17-9-4-10-18-31/h3-22,34-42,45H,23-29H2,1-2H3/t34-,35+,36-,37-,38+,39-,40+,41-,42+,44-/m1/s1. The molecule has 298 valence electrons. The molecular formula is C44H50O12. The minimum Gasteiger partial charge on any atom is -0.459 e. The lowest BCUT2D eigenvalue weighted by molar-refractivity contribution is -0.373. The van der Waals surface area contributed by atoms with Gasteiger partial charge in [-0.25, -0.2) is 4.79 Å². The zero-order chi connectivity index (χ0) is 38.7. The van der Waals surface area contributed by atoms with Crippen molar-refractivity contribution >= 4 is 5.97 Å². The average Bonchev–Trinajstić information content (AvgIpc) is 3.68. The van der Waals surface area contributed by atoms with E-state index in [4.69, 9.17) is 47.4 Å². The predicted molar refractivity (Wildman–Crippen MR) is 202 cm³/mol. The first-order valence-electron chi connectivity index (χ1n) is 19.0. The van der Waals surface area contributed by atoms with Crippen molar-refractivity contribution in [2.45, 2.75) is 93.8 Å². The van der Waals surface area contributed by atoms with Gasteiger partial charge < -0.3 is 52.5 Å². The number of hydrogen-bond donors (Lipinski definition) is 1. The van der Waals surface area contributed by atoms with Crippen molar-refractivity contribution in [2.24, 2.45) is 0 Å². The molecule has 10 atom stereocenters. The molecular weight excluding hydrogens is 720 g/mol. The number of carbonyl (C=O) groups is 1. The second kappa shape index (κ2) is 19.4. The molecule has 0 bridgehead atoms. The summed E-state index contributed by atoms with van der Waals surface area (Å²) in [4.78, 5) is 14.1. The molecule has 0 aliphatic carbocycles. The highest BCUT2D eigenvalue weighted by Crippen LogP contribution is 2.43. The van der Waals surface area contributed by atoms with Gasteiger partial charge in [0, 0.05) is 20.6 Å². The number of hydrogen-bond acceptors (Lipinski definition) is 12. The smallest absolute Gasteiger partial charge is 0.341 e. The van der Waals surface area contributed by atoms with Crippen molar-refractivity contribution in [3.63, 3.8) is 0 Å². The van der Waals surface area contributed by atoms with Crippen LogP contribution < -0.4 is 0 Å². The number of benzene rings is 4. The van der Waals surface area contributed by atoms with Crippen LogP contribution in [0.3, 0.4) is 0 Å². The zero-order valence-corrected chi connectivity index (χ0v) is 31.6. The molecule has 4 aromatic carbocycles. The van der Waals surface area contributed by atoms with Crippen molar-refractivity contribution in [2.75, 3.05) is 27.4 Å². The summed E-state index contributed by atoms with van der Waals surface area (Å²) in [6.45, 7) is 0.993. The molecule has 3 saturated heterocycles. The highest BCUT2D eigenvalue weighted by Gasteiger charge is 2.64. The fourth-order valence-electron chi connectivity index (χ4n) is 7.48. The molecule has 0 aromatic heterocycles. The van der Waals surface area contributed by atoms with Gasteiger partial charge in [0.05, 0.1) is 33.0 Å². The highest BCUT2D eigenvalue weighted by molar-refractivity contribution is 5.81. The molecule has 3 aliphatic rings. The van der Waals surface area contributed by atoms with E-state index in [2.05, 4.69) is 0 Å². The first kappa shape index (κ1) is 40.2. The topological polar surface area (TPSA) is 130 Å². The number of methoxy groups -OCH3 is 2. The van der Waals surface area contributed by atoms with Gasteiger partial charge in [0.25, 0.3) is 0 Å². The summed E-state index contributed by atoms with van der Waals surface area (Å²) in [5, 5.41) is 11.9. The molecule has 4 aromatic rings. The summed E-state index contributed by atoms with van der Waals surface area (Å²) in [6, 6.07) is 38.6. The molecule has 0 spiro atoms. The summed E-state index contributed by atoms with van der Waals surface area (Å²) in [5.74, 6) is -0.644. The van der Waals surface area contributed by atoms with Crippen molar-refractivity contribution in [1.29, 1.82) is 0 Å². The highest BCUT2D eigenvalue weighted by atomic mass is 16.8. The third-order valence-corrected chi connectivity index (χ3v) is 10.4. The maximum atomic E-state index is 14.1. The van der Waals surface area contributed by atoms with Crippen LogP contribution in [-0.2, 0) is 78.6 Å². The molecule has 0 saturated carbocycles. The Balaban J connectivity index is 1.20. The van der Waals surface area contributed by atoms with E-state index in [1.54, 1.807) is 7.11 Å². The number of aliphatic hydroxyl groups excluding tert-OH is 1. The van der Waals surface area contributed by atoms with E-state index in [1.807, 2.05) is 121 Å². The lowest BCUT2D eigenvalue weighted by Crippen LogP contribution is -2.69. The molecule has 1 N–H and O–H groups in total. The third kappa shape index (κ3) is 9.38. The van der Waals surface area contributed by atoms with Crippen molar-refractivity contribution in [3.05, 3.63) is 144 Å². The van der Waals surface area contributed by atoms with Crippen LogP contribution in [0.4, 0.5) is 0 Å². The van der Waals surface area contributed by atoms with Gasteiger partial charge in [-0.1, -0.05) is 121 Å². The Morgan fingerprint density at radius 2 is 1.20 bits per heavy atom. The number of fused-ring (bicyclic) bond motifs is 1. The molecule has 56 heavy (non-hydrogen) atoms. The largest absolute Gasteiger partial charge is 0.459 e. The van der Waals surface area contributed by atoms with Crippen molar-refractivity contribution < 1.29 is 57.3 Å². The van der Waals surface area contributed by atoms with Crippen LogP contribution in [-0.4, -0.2) is 99.4 Å². The van der Waals surface area contributed by atoms with Crippen LogP contribution in [0.15, 0.2) is 121 Å². The van der Waals surface area contributed by atoms with Crippen LogP contribution in [0, 0.1) is 0 Å². The summed E-state index contributed by atoms with van der Waals surface area (Å²) in [6.07, 6.45) is -8.94. The molecule has 0 amide bonds. The maximum absolute atomic E-state index is 14.1. The quantitative estimate of drug-likeness (QED) is 0.143. The Morgan fingerprint density at radius 1 is 0.661 bits per heavy atom. The van der Waals surface area contributed by atoms with Crippen LogP contribution in [0.1, 0.15) is 28.7 Å². The molecule has 12 nitrogen and oxygen atoms in total. The Bertz CT molecular complexity index is 1770. The second-order valence-corrected chi connectivity index (χ2v) is 14.1. The average molecular weight is 771 g/mol. The third-order valence-electron chi connectivity index (χ3n) is 10.4. The molecule has 0 unspecified atom stereocenters. The van der Waals surface area contributed by atoms with Crippen molar-refractivity contribution in [3.8, 4) is 0 Å². The van der Waals surface area contributed by atoms with Gasteiger partial charge in [-0.15, -0.1) is 0 Å². The van der Waals surface area contributed by atoms with Gasteiger partial charge in [-0.2, -0.15) is 0 Å². The van der Waals surface area contributed by atoms with Gasteiger partial charge in [0.2, 0.25) is 0 Å². The second-order valence-electron chi connectivity index (χ2n) is 14.1. The van der Waals surface area contributed by atoms with Crippen LogP contribution >= 0.6 is 0 Å². The lowest BCUT2D eigenvalue weighted by atomic mass is 9.86. The van der Waals surface area contributed by atoms with Crippen LogP contribution in [0.5, 0.6) is 0 Å². The Morgan fingerprint density at radius 3 is 1.75 bits per heavy atom. The minimum atomic E-state index is -1.63. The van der Waals surface area contributed by atoms with E-state index in [9.17, 15) is 9.90 Å². The monoisotopic (exact) mass is 770 g/mol. The Kier molecular flexibility index (Phi) is 13.9. The number of esters is 1. The minimum absolute atomic E-state index is 0.0226. The van der Waals surface area contributed by atoms with Crippen LogP contribution in [0.2, 0.25) is 0 Å². The normalized spacial score (nSPS) is 30.1. The molecule has 3 heterocycles. The SMILES string of the molecule is CO[C@H]1O[C@H](COCc2ccccc2)[C@@H](O[C@@H]2O[C@]3(C(=O)OCc4ccccc4)CCO[C@H]3[C@H](OC)[C@@H]2O)[C@H](OCc2ccccc2)[C@H]1OCc1ccccc1. The molecule has 12 heteroatoms. The predicted octanol–water partition coefficient (Wildman–Crippen LogP) is 5.13. The first-order valence-corrected chi connectivity index (χ1v) is 19.0. The summed E-state index contributed by atoms with van der Waals surface area (Å²) >= 11 is 0. The number of aliphatic hydroxyl groups is 1. The fourth-order valence-corrected chi connectivity index (χ4v) is 7.48. The van der Waals surface area contributed by atoms with Crippen LogP contribution in [0.25, 0.3) is 0 Å². The van der Waals surface area contributed by atoms with Gasteiger partial charge in [-0.05, 0) is 22.3 Å². The lowest BCUT2D eigenvalue weighted by Gasteiger charge is -2.50. The van der Waals surface area contributed by atoms with E-state index in [0.29, 0.717) is 6.61 Å². The number of carbonyl (C=O) groups excluding carboxylic acids is 1. The molecule has 3 fully saturated rings. The van der Waals surface area contributed by atoms with Gasteiger partial charge >= 0.3 is 5.97 Å². The maximum Gasteiger partial charge on any atom is 0.341 e. The summed E-state index contributed by atoms with van der Waals surface area (Å²) in [5.41, 5.74) is 2.01. The zero-order valence-electron chi connectivity index (χ0n) is 31.6. The van der Waals surface area contributed by atoms with E-state index < -0.39 is 66.9 Å². The Labute approximate surface area is 327 Å². The summed E-state index contributed by atoms with van der Waals surface area (Å²) in [7, 11) is 2.99. The molecule has 3 aliphatic heterocycles. The Hall–Kier alpha value is -4.05. The molecule has 7 rings (SSSR count). The van der Waals surface area contributed by atoms with Gasteiger partial charge in [0.1, 0.15) is 49.3 Å². The van der Waals surface area contributed by atoms with E-state index in [-0.39, 0.29) is 39.5 Å². The van der Waals surface area contributed by atoms with E-state index in [0.717, 1.165) is 22.3 Å². The number of ether oxygens (including phenoxy) is 10. The summed E-state index contributed by atoms with van der Waals surface area (Å²) < 4.78 is 63.1. The fraction of sp³-hybridized carbons (Fsp3) is 0.432. The van der Waals surface area contributed by atoms with Crippen molar-refractivity contribution in [1.82, 2.24) is 0 Å². The van der Waals surface area contributed by atoms with E-state index >= 15 is 0 Å². The molecule has 0 radical (unpaired) electrons.